The second kappa shape index (κ2) is 6.36. The minimum atomic E-state index is -0.122. The van der Waals surface area contributed by atoms with E-state index in [1.54, 1.807) is 0 Å². The molecule has 1 fully saturated rings. The number of imide groups is 1. The van der Waals surface area contributed by atoms with Crippen LogP contribution in [0.1, 0.15) is 24.8 Å². The Labute approximate surface area is 142 Å². The maximum absolute atomic E-state index is 12.5. The summed E-state index contributed by atoms with van der Waals surface area (Å²) in [6.07, 6.45) is 8.66. The minimum Gasteiger partial charge on any atom is -0.282 e. The summed E-state index contributed by atoms with van der Waals surface area (Å²) in [4.78, 5) is 28.8. The summed E-state index contributed by atoms with van der Waals surface area (Å²) >= 11 is 0. The third-order valence-electron chi connectivity index (χ3n) is 5.38. The molecule has 1 aromatic carbocycles. The average molecular weight is 322 g/mol. The molecular weight excluding hydrogens is 300 g/mol. The molecule has 0 radical (unpaired) electrons. The molecule has 0 aromatic heterocycles. The molecule has 2 unspecified atom stereocenters. The van der Waals surface area contributed by atoms with Crippen LogP contribution >= 0.6 is 0 Å². The molecule has 0 bridgehead atoms. The number of allylic oxidation sites excluding steroid dienone is 2. The molecular formula is C20H22N2O2. The Morgan fingerprint density at radius 2 is 1.62 bits per heavy atom. The van der Waals surface area contributed by atoms with Gasteiger partial charge in [0.05, 0.1) is 18.5 Å². The van der Waals surface area contributed by atoms with Crippen molar-refractivity contribution in [3.05, 3.63) is 54.1 Å². The van der Waals surface area contributed by atoms with Crippen molar-refractivity contribution in [2.24, 2.45) is 11.8 Å². The first-order valence-corrected chi connectivity index (χ1v) is 8.71. The highest BCUT2D eigenvalue weighted by molar-refractivity contribution is 6.05. The quantitative estimate of drug-likeness (QED) is 0.634. The van der Waals surface area contributed by atoms with E-state index in [1.165, 1.54) is 16.0 Å². The fourth-order valence-corrected chi connectivity index (χ4v) is 3.96. The number of rotatable bonds is 3. The number of hydrogen-bond donors (Lipinski definition) is 0. The Kier molecular flexibility index (Phi) is 4.07. The first-order valence-electron chi connectivity index (χ1n) is 8.71. The Morgan fingerprint density at radius 3 is 2.21 bits per heavy atom. The smallest absolute Gasteiger partial charge is 0.234 e. The number of hydrogen-bond acceptors (Lipinski definition) is 3. The monoisotopic (exact) mass is 322 g/mol. The fraction of sp³-hybridized carbons (Fsp3) is 0.400. The predicted molar refractivity (Wildman–Crippen MR) is 92.7 cm³/mol. The Morgan fingerprint density at radius 1 is 0.958 bits per heavy atom. The highest BCUT2D eigenvalue weighted by atomic mass is 16.2. The van der Waals surface area contributed by atoms with Crippen LogP contribution in [-0.4, -0.2) is 41.4 Å². The van der Waals surface area contributed by atoms with Gasteiger partial charge < -0.3 is 0 Å². The summed E-state index contributed by atoms with van der Waals surface area (Å²) in [6, 6.07) is 10.4. The van der Waals surface area contributed by atoms with E-state index in [-0.39, 0.29) is 23.7 Å². The molecule has 2 heterocycles. The lowest BCUT2D eigenvalue weighted by atomic mass is 9.85. The fourth-order valence-electron chi connectivity index (χ4n) is 3.96. The number of nitrogens with zero attached hydrogens (tertiary/aromatic N) is 2. The molecule has 2 amide bonds. The summed E-state index contributed by atoms with van der Waals surface area (Å²) in [7, 11) is 0. The average Bonchev–Trinajstić information content (AvgIpc) is 2.88. The van der Waals surface area contributed by atoms with Gasteiger partial charge in [0.1, 0.15) is 0 Å². The van der Waals surface area contributed by atoms with Crippen LogP contribution < -0.4 is 0 Å². The van der Waals surface area contributed by atoms with E-state index in [0.29, 0.717) is 19.5 Å². The van der Waals surface area contributed by atoms with Crippen molar-refractivity contribution < 1.29 is 9.59 Å². The Bertz CT molecular complexity index is 682. The summed E-state index contributed by atoms with van der Waals surface area (Å²) in [5, 5.41) is 0. The molecule has 3 aliphatic rings. The van der Waals surface area contributed by atoms with Crippen molar-refractivity contribution in [3.8, 4) is 0 Å². The number of likely N-dealkylation sites (tertiary alicyclic amines) is 1. The molecule has 24 heavy (non-hydrogen) atoms. The normalized spacial score (nSPS) is 27.3. The van der Waals surface area contributed by atoms with Gasteiger partial charge in [0.15, 0.2) is 0 Å². The highest BCUT2D eigenvalue weighted by Crippen LogP contribution is 2.35. The second-order valence-corrected chi connectivity index (χ2v) is 6.82. The van der Waals surface area contributed by atoms with Crippen LogP contribution in [0, 0.1) is 11.8 Å². The number of fused-ring (bicyclic) bond motifs is 1. The van der Waals surface area contributed by atoms with Crippen LogP contribution in [0.4, 0.5) is 0 Å². The first-order chi connectivity index (χ1) is 11.7. The van der Waals surface area contributed by atoms with E-state index >= 15 is 0 Å². The maximum atomic E-state index is 12.5. The molecule has 1 aliphatic carbocycles. The minimum absolute atomic E-state index is 0.0205. The molecule has 0 N–H and O–H groups in total. The number of amides is 2. The van der Waals surface area contributed by atoms with Crippen molar-refractivity contribution in [1.82, 2.24) is 9.80 Å². The van der Waals surface area contributed by atoms with E-state index in [0.717, 1.165) is 19.5 Å². The van der Waals surface area contributed by atoms with Gasteiger partial charge in [-0.3, -0.25) is 19.4 Å². The van der Waals surface area contributed by atoms with Crippen LogP contribution in [0.2, 0.25) is 0 Å². The molecule has 0 spiro atoms. The lowest BCUT2D eigenvalue weighted by molar-refractivity contribution is -0.142. The summed E-state index contributed by atoms with van der Waals surface area (Å²) in [5.74, 6) is -0.204. The SMILES string of the molecule is O=C1C2CC=CCC2C(=O)N1CN1CC=C(c2ccccc2)CC1. The van der Waals surface area contributed by atoms with Gasteiger partial charge in [-0.25, -0.2) is 0 Å². The largest absolute Gasteiger partial charge is 0.282 e. The molecule has 4 nitrogen and oxygen atoms in total. The van der Waals surface area contributed by atoms with Crippen LogP contribution in [-0.2, 0) is 9.59 Å². The van der Waals surface area contributed by atoms with E-state index in [1.807, 2.05) is 18.2 Å². The summed E-state index contributed by atoms with van der Waals surface area (Å²) in [6.45, 7) is 2.10. The molecule has 4 heteroatoms. The Balaban J connectivity index is 1.41. The lowest BCUT2D eigenvalue weighted by Gasteiger charge is -2.29. The van der Waals surface area contributed by atoms with Crippen LogP contribution in [0.25, 0.3) is 5.57 Å². The molecule has 2 atom stereocenters. The van der Waals surface area contributed by atoms with Gasteiger partial charge >= 0.3 is 0 Å². The van der Waals surface area contributed by atoms with Crippen molar-refractivity contribution in [3.63, 3.8) is 0 Å². The van der Waals surface area contributed by atoms with Gasteiger partial charge in [-0.1, -0.05) is 48.6 Å². The standard InChI is InChI=1S/C20H22N2O2/c23-19-17-8-4-5-9-18(17)20(24)22(19)14-21-12-10-16(11-13-21)15-6-2-1-3-7-15/h1-7,10,17-18H,8-9,11-14H2. The zero-order valence-corrected chi connectivity index (χ0v) is 13.7. The van der Waals surface area contributed by atoms with Crippen LogP contribution in [0.15, 0.2) is 48.6 Å². The Hall–Kier alpha value is -2.20. The number of carbonyl (C=O) groups is 2. The second-order valence-electron chi connectivity index (χ2n) is 6.82. The lowest BCUT2D eigenvalue weighted by Crippen LogP contribution is -2.43. The van der Waals surface area contributed by atoms with Crippen molar-refractivity contribution in [2.75, 3.05) is 19.8 Å². The van der Waals surface area contributed by atoms with Gasteiger partial charge in [0.2, 0.25) is 11.8 Å². The van der Waals surface area contributed by atoms with E-state index in [2.05, 4.69) is 35.2 Å². The molecule has 124 valence electrons. The summed E-state index contributed by atoms with van der Waals surface area (Å²) in [5.41, 5.74) is 2.62. The van der Waals surface area contributed by atoms with E-state index in [4.69, 9.17) is 0 Å². The van der Waals surface area contributed by atoms with Gasteiger partial charge in [-0.05, 0) is 30.4 Å². The van der Waals surface area contributed by atoms with Crippen molar-refractivity contribution >= 4 is 17.4 Å². The van der Waals surface area contributed by atoms with Gasteiger partial charge in [0, 0.05) is 13.1 Å². The molecule has 1 aromatic rings. The number of carbonyl (C=O) groups excluding carboxylic acids is 2. The van der Waals surface area contributed by atoms with Gasteiger partial charge in [0.25, 0.3) is 0 Å². The molecule has 2 aliphatic heterocycles. The van der Waals surface area contributed by atoms with Crippen LogP contribution in [0.3, 0.4) is 0 Å². The third kappa shape index (κ3) is 2.71. The summed E-state index contributed by atoms with van der Waals surface area (Å²) < 4.78 is 0. The first kappa shape index (κ1) is 15.3. The molecule has 0 saturated carbocycles. The zero-order chi connectivity index (χ0) is 16.5. The third-order valence-corrected chi connectivity index (χ3v) is 5.38. The molecule has 4 rings (SSSR count). The van der Waals surface area contributed by atoms with Gasteiger partial charge in [-0.15, -0.1) is 0 Å². The van der Waals surface area contributed by atoms with E-state index in [9.17, 15) is 9.59 Å². The van der Waals surface area contributed by atoms with Crippen molar-refractivity contribution in [2.45, 2.75) is 19.3 Å². The topological polar surface area (TPSA) is 40.6 Å². The molecule has 1 saturated heterocycles. The number of benzene rings is 1. The zero-order valence-electron chi connectivity index (χ0n) is 13.7. The highest BCUT2D eigenvalue weighted by Gasteiger charge is 2.47. The van der Waals surface area contributed by atoms with Gasteiger partial charge in [-0.2, -0.15) is 0 Å². The van der Waals surface area contributed by atoms with Crippen molar-refractivity contribution in [1.29, 1.82) is 0 Å². The predicted octanol–water partition coefficient (Wildman–Crippen LogP) is 2.68. The maximum Gasteiger partial charge on any atom is 0.234 e. The van der Waals surface area contributed by atoms with Crippen LogP contribution in [0.5, 0.6) is 0 Å². The van der Waals surface area contributed by atoms with E-state index < -0.39 is 0 Å².